The molecule has 1 saturated heterocycles. The molecule has 2 heterocycles. The van der Waals surface area contributed by atoms with Crippen LogP contribution in [0.25, 0.3) is 0 Å². The molecule has 0 bridgehead atoms. The lowest BCUT2D eigenvalue weighted by atomic mass is 10.0. The molecule has 1 N–H and O–H groups in total. The molecule has 1 atom stereocenters. The molecule has 0 spiro atoms. The van der Waals surface area contributed by atoms with Crippen molar-refractivity contribution < 1.29 is 14.4 Å². The number of pyridine rings is 1. The number of carbonyl (C=O) groups excluding carboxylic acids is 3. The van der Waals surface area contributed by atoms with Gasteiger partial charge in [-0.1, -0.05) is 6.92 Å². The van der Waals surface area contributed by atoms with Crippen LogP contribution >= 0.6 is 0 Å². The Morgan fingerprint density at radius 1 is 1.37 bits per heavy atom. The monoisotopic (exact) mass is 261 g/mol. The number of carbonyl (C=O) groups is 3. The third-order valence-electron chi connectivity index (χ3n) is 3.23. The largest absolute Gasteiger partial charge is 0.331 e. The summed E-state index contributed by atoms with van der Waals surface area (Å²) in [6.45, 7) is 3.76. The number of nitrogens with one attached hydrogen (secondary N) is 1. The van der Waals surface area contributed by atoms with Gasteiger partial charge in [-0.3, -0.25) is 24.8 Å². The number of imide groups is 2. The van der Waals surface area contributed by atoms with E-state index in [1.54, 1.807) is 25.4 Å². The number of hydrogen-bond donors (Lipinski definition) is 1. The molecular formula is C13H15N3O3. The highest BCUT2D eigenvalue weighted by molar-refractivity contribution is 6.16. The van der Waals surface area contributed by atoms with Gasteiger partial charge in [0.2, 0.25) is 11.8 Å². The first kappa shape index (κ1) is 13.2. The fourth-order valence-electron chi connectivity index (χ4n) is 2.02. The molecule has 100 valence electrons. The number of hydrogen-bond acceptors (Lipinski definition) is 4. The summed E-state index contributed by atoms with van der Waals surface area (Å²) in [5.41, 5.74) is 1.73. The molecule has 2 rings (SSSR count). The first-order chi connectivity index (χ1) is 9.04. The summed E-state index contributed by atoms with van der Waals surface area (Å²) in [4.78, 5) is 40.4. The van der Waals surface area contributed by atoms with E-state index in [2.05, 4.69) is 10.3 Å². The van der Waals surface area contributed by atoms with E-state index >= 15 is 0 Å². The number of aromatic nitrogens is 1. The molecule has 4 amide bonds. The summed E-state index contributed by atoms with van der Waals surface area (Å²) >= 11 is 0. The van der Waals surface area contributed by atoms with Crippen molar-refractivity contribution in [3.8, 4) is 0 Å². The SMILES string of the molecule is CCC1C(=O)NC(=O)N(Cc2ccncc2C)C1=O. The molecule has 1 unspecified atom stereocenters. The van der Waals surface area contributed by atoms with Crippen LogP contribution in [0.1, 0.15) is 24.5 Å². The zero-order valence-corrected chi connectivity index (χ0v) is 10.8. The summed E-state index contributed by atoms with van der Waals surface area (Å²) in [5.74, 6) is -1.73. The molecule has 0 radical (unpaired) electrons. The van der Waals surface area contributed by atoms with E-state index in [-0.39, 0.29) is 6.54 Å². The summed E-state index contributed by atoms with van der Waals surface area (Å²) in [6, 6.07) is 1.10. The van der Waals surface area contributed by atoms with E-state index < -0.39 is 23.8 Å². The fraction of sp³-hybridized carbons (Fsp3) is 0.385. The van der Waals surface area contributed by atoms with E-state index in [4.69, 9.17) is 0 Å². The standard InChI is InChI=1S/C13H15N3O3/c1-3-10-11(17)15-13(19)16(12(10)18)7-9-4-5-14-6-8(9)2/h4-6,10H,3,7H2,1-2H3,(H,15,17,19). The van der Waals surface area contributed by atoms with Gasteiger partial charge < -0.3 is 0 Å². The Labute approximate surface area is 110 Å². The predicted octanol–water partition coefficient (Wildman–Crippen LogP) is 0.995. The van der Waals surface area contributed by atoms with Crippen LogP contribution in [0.2, 0.25) is 0 Å². The number of rotatable bonds is 3. The summed E-state index contributed by atoms with van der Waals surface area (Å²) < 4.78 is 0. The second-order valence-electron chi connectivity index (χ2n) is 4.48. The van der Waals surface area contributed by atoms with Gasteiger partial charge in [-0.2, -0.15) is 0 Å². The van der Waals surface area contributed by atoms with Gasteiger partial charge in [-0.15, -0.1) is 0 Å². The molecule has 0 aliphatic carbocycles. The van der Waals surface area contributed by atoms with Gasteiger partial charge >= 0.3 is 6.03 Å². The number of amides is 4. The maximum Gasteiger partial charge on any atom is 0.331 e. The Bertz CT molecular complexity index is 542. The average molecular weight is 261 g/mol. The molecule has 1 aliphatic heterocycles. The van der Waals surface area contributed by atoms with Crippen molar-refractivity contribution in [2.45, 2.75) is 26.8 Å². The molecule has 1 aromatic heterocycles. The van der Waals surface area contributed by atoms with Gasteiger partial charge in [-0.25, -0.2) is 4.79 Å². The lowest BCUT2D eigenvalue weighted by Gasteiger charge is -2.29. The van der Waals surface area contributed by atoms with Crippen molar-refractivity contribution in [2.75, 3.05) is 0 Å². The Kier molecular flexibility index (Phi) is 3.59. The molecule has 1 aromatic rings. The molecule has 6 heteroatoms. The van der Waals surface area contributed by atoms with Crippen molar-refractivity contribution in [3.05, 3.63) is 29.6 Å². The Morgan fingerprint density at radius 3 is 2.74 bits per heavy atom. The smallest absolute Gasteiger partial charge is 0.277 e. The van der Waals surface area contributed by atoms with Crippen LogP contribution in [-0.4, -0.2) is 27.7 Å². The first-order valence-electron chi connectivity index (χ1n) is 6.10. The zero-order valence-electron chi connectivity index (χ0n) is 10.8. The van der Waals surface area contributed by atoms with Crippen LogP contribution in [0.5, 0.6) is 0 Å². The second-order valence-corrected chi connectivity index (χ2v) is 4.48. The van der Waals surface area contributed by atoms with E-state index in [1.165, 1.54) is 0 Å². The maximum atomic E-state index is 12.1. The third kappa shape index (κ3) is 2.47. The molecule has 0 aromatic carbocycles. The van der Waals surface area contributed by atoms with Gasteiger partial charge in [0.15, 0.2) is 0 Å². The van der Waals surface area contributed by atoms with Crippen molar-refractivity contribution >= 4 is 17.8 Å². The first-order valence-corrected chi connectivity index (χ1v) is 6.10. The van der Waals surface area contributed by atoms with Crippen LogP contribution in [0.3, 0.4) is 0 Å². The molecule has 1 aliphatic rings. The lowest BCUT2D eigenvalue weighted by Crippen LogP contribution is -2.57. The Hall–Kier alpha value is -2.24. The molecule has 0 saturated carbocycles. The average Bonchev–Trinajstić information content (AvgIpc) is 2.36. The van der Waals surface area contributed by atoms with Crippen LogP contribution in [0, 0.1) is 12.8 Å². The highest BCUT2D eigenvalue weighted by Gasteiger charge is 2.39. The van der Waals surface area contributed by atoms with Crippen LogP contribution in [0.4, 0.5) is 4.79 Å². The maximum absolute atomic E-state index is 12.1. The molecule has 1 fully saturated rings. The molecule has 6 nitrogen and oxygen atoms in total. The Balaban J connectivity index is 2.24. The van der Waals surface area contributed by atoms with Crippen LogP contribution in [0.15, 0.2) is 18.5 Å². The quantitative estimate of drug-likeness (QED) is 0.823. The summed E-state index contributed by atoms with van der Waals surface area (Å²) in [7, 11) is 0. The zero-order chi connectivity index (χ0) is 14.0. The number of nitrogens with zero attached hydrogens (tertiary/aromatic N) is 2. The minimum Gasteiger partial charge on any atom is -0.277 e. The number of urea groups is 1. The topological polar surface area (TPSA) is 79.4 Å². The van der Waals surface area contributed by atoms with Gasteiger partial charge in [-0.05, 0) is 30.5 Å². The minimum absolute atomic E-state index is 0.156. The Morgan fingerprint density at radius 2 is 2.11 bits per heavy atom. The third-order valence-corrected chi connectivity index (χ3v) is 3.23. The predicted molar refractivity (Wildman–Crippen MR) is 66.8 cm³/mol. The highest BCUT2D eigenvalue weighted by Crippen LogP contribution is 2.17. The van der Waals surface area contributed by atoms with Crippen molar-refractivity contribution in [1.29, 1.82) is 0 Å². The van der Waals surface area contributed by atoms with Crippen LogP contribution in [-0.2, 0) is 16.1 Å². The normalized spacial score (nSPS) is 19.6. The second kappa shape index (κ2) is 5.17. The number of barbiturate groups is 1. The van der Waals surface area contributed by atoms with E-state index in [0.29, 0.717) is 6.42 Å². The molecule has 19 heavy (non-hydrogen) atoms. The minimum atomic E-state index is -0.778. The lowest BCUT2D eigenvalue weighted by molar-refractivity contribution is -0.143. The number of aryl methyl sites for hydroxylation is 1. The summed E-state index contributed by atoms with van der Waals surface area (Å²) in [5, 5.41) is 2.21. The van der Waals surface area contributed by atoms with Gasteiger partial charge in [0.25, 0.3) is 0 Å². The summed E-state index contributed by atoms with van der Waals surface area (Å²) in [6.07, 6.45) is 3.66. The van der Waals surface area contributed by atoms with Crippen LogP contribution < -0.4 is 5.32 Å². The van der Waals surface area contributed by atoms with Gasteiger partial charge in [0.1, 0.15) is 5.92 Å². The van der Waals surface area contributed by atoms with E-state index in [1.807, 2.05) is 6.92 Å². The van der Waals surface area contributed by atoms with Crippen molar-refractivity contribution in [3.63, 3.8) is 0 Å². The van der Waals surface area contributed by atoms with Gasteiger partial charge in [0.05, 0.1) is 6.54 Å². The van der Waals surface area contributed by atoms with Gasteiger partial charge in [0, 0.05) is 12.4 Å². The van der Waals surface area contributed by atoms with Crippen molar-refractivity contribution in [2.24, 2.45) is 5.92 Å². The van der Waals surface area contributed by atoms with E-state index in [9.17, 15) is 14.4 Å². The molecular weight excluding hydrogens is 246 g/mol. The fourth-order valence-corrected chi connectivity index (χ4v) is 2.02. The highest BCUT2D eigenvalue weighted by atomic mass is 16.2. The van der Waals surface area contributed by atoms with Crippen molar-refractivity contribution in [1.82, 2.24) is 15.2 Å². The van der Waals surface area contributed by atoms with E-state index in [0.717, 1.165) is 16.0 Å².